The quantitative estimate of drug-likeness (QED) is 0.908. The summed E-state index contributed by atoms with van der Waals surface area (Å²) in [6.45, 7) is 0.190. The van der Waals surface area contributed by atoms with Crippen LogP contribution in [0.25, 0.3) is 11.1 Å². The van der Waals surface area contributed by atoms with Crippen molar-refractivity contribution in [3.8, 4) is 16.9 Å². The summed E-state index contributed by atoms with van der Waals surface area (Å²) >= 11 is 5.91. The smallest absolute Gasteiger partial charge is 0.387 e. The number of pyridine rings is 1. The average molecular weight is 328 g/mol. The zero-order valence-electron chi connectivity index (χ0n) is 11.7. The number of aromatic nitrogens is 1. The third-order valence-corrected chi connectivity index (χ3v) is 3.23. The minimum atomic E-state index is -3.03. The Bertz CT molecular complexity index is 735. The molecule has 4 nitrogen and oxygen atoms in total. The minimum absolute atomic E-state index is 0.0769. The van der Waals surface area contributed by atoms with Gasteiger partial charge in [-0.05, 0) is 38.1 Å². The molecule has 22 heavy (non-hydrogen) atoms. The number of rotatable bonds is 4. The Hall–Kier alpha value is -2.21. The number of aromatic carboxylic acids is 1. The molecule has 2 aromatic rings. The van der Waals surface area contributed by atoms with Crippen molar-refractivity contribution in [1.29, 1.82) is 0 Å². The summed E-state index contributed by atoms with van der Waals surface area (Å²) in [5.41, 5.74) is 1.17. The number of carboxylic acids is 1. The van der Waals surface area contributed by atoms with E-state index in [1.54, 1.807) is 6.92 Å². The summed E-state index contributed by atoms with van der Waals surface area (Å²) in [5.74, 6) is -1.35. The molecule has 0 aliphatic rings. The van der Waals surface area contributed by atoms with E-state index in [1.165, 1.54) is 31.2 Å². The minimum Gasteiger partial charge on any atom is -0.478 e. The van der Waals surface area contributed by atoms with Crippen LogP contribution in [-0.2, 0) is 0 Å². The first kappa shape index (κ1) is 16.2. The number of aryl methyl sites for hydroxylation is 2. The summed E-state index contributed by atoms with van der Waals surface area (Å²) < 4.78 is 29.6. The first-order chi connectivity index (χ1) is 10.3. The lowest BCUT2D eigenvalue weighted by molar-refractivity contribution is -0.0494. The van der Waals surface area contributed by atoms with Crippen molar-refractivity contribution in [2.75, 3.05) is 0 Å². The molecule has 0 spiro atoms. The highest BCUT2D eigenvalue weighted by atomic mass is 35.5. The van der Waals surface area contributed by atoms with Crippen molar-refractivity contribution in [3.63, 3.8) is 0 Å². The van der Waals surface area contributed by atoms with Gasteiger partial charge in [0.25, 0.3) is 0 Å². The molecule has 7 heteroatoms. The third-order valence-electron chi connectivity index (χ3n) is 2.99. The van der Waals surface area contributed by atoms with Crippen LogP contribution < -0.4 is 4.74 Å². The van der Waals surface area contributed by atoms with E-state index in [2.05, 4.69) is 9.72 Å². The van der Waals surface area contributed by atoms with E-state index in [0.29, 0.717) is 5.69 Å². The van der Waals surface area contributed by atoms with E-state index in [0.717, 1.165) is 0 Å². The fourth-order valence-corrected chi connectivity index (χ4v) is 2.39. The van der Waals surface area contributed by atoms with Crippen LogP contribution >= 0.6 is 11.6 Å². The number of nitrogens with zero attached hydrogens (tertiary/aromatic N) is 1. The number of halogens is 3. The van der Waals surface area contributed by atoms with Gasteiger partial charge in [-0.25, -0.2) is 4.79 Å². The van der Waals surface area contributed by atoms with Crippen LogP contribution in [0.3, 0.4) is 0 Å². The second kappa shape index (κ2) is 6.27. The van der Waals surface area contributed by atoms with Crippen molar-refractivity contribution >= 4 is 17.6 Å². The number of carbonyl (C=O) groups is 1. The number of hydrogen-bond acceptors (Lipinski definition) is 3. The van der Waals surface area contributed by atoms with Gasteiger partial charge in [-0.1, -0.05) is 11.6 Å². The van der Waals surface area contributed by atoms with E-state index < -0.39 is 12.6 Å². The molecule has 2 rings (SSSR count). The fourth-order valence-electron chi connectivity index (χ4n) is 2.22. The highest BCUT2D eigenvalue weighted by molar-refractivity contribution is 6.31. The number of carboxylic acid groups (broad SMARTS) is 1. The predicted octanol–water partition coefficient (Wildman–Crippen LogP) is 4.32. The Morgan fingerprint density at radius 3 is 2.55 bits per heavy atom. The van der Waals surface area contributed by atoms with Crippen molar-refractivity contribution in [1.82, 2.24) is 4.98 Å². The topological polar surface area (TPSA) is 59.4 Å². The summed E-state index contributed by atoms with van der Waals surface area (Å²) in [7, 11) is 0. The molecule has 0 radical (unpaired) electrons. The van der Waals surface area contributed by atoms with Crippen LogP contribution in [0.4, 0.5) is 8.78 Å². The zero-order chi connectivity index (χ0) is 16.4. The first-order valence-electron chi connectivity index (χ1n) is 6.26. The SMILES string of the molecule is Cc1cc(-c2cc(Cl)ccc2OC(F)F)c(C(=O)O)c(C)n1. The molecule has 0 atom stereocenters. The van der Waals surface area contributed by atoms with E-state index >= 15 is 0 Å². The van der Waals surface area contributed by atoms with E-state index in [-0.39, 0.29) is 33.2 Å². The summed E-state index contributed by atoms with van der Waals surface area (Å²) in [5, 5.41) is 9.66. The number of benzene rings is 1. The highest BCUT2D eigenvalue weighted by Gasteiger charge is 2.21. The van der Waals surface area contributed by atoms with Crippen LogP contribution in [0.5, 0.6) is 5.75 Å². The van der Waals surface area contributed by atoms with Gasteiger partial charge in [0, 0.05) is 21.8 Å². The van der Waals surface area contributed by atoms with Gasteiger partial charge in [0.2, 0.25) is 0 Å². The molecule has 0 aliphatic carbocycles. The average Bonchev–Trinajstić information content (AvgIpc) is 2.38. The zero-order valence-corrected chi connectivity index (χ0v) is 12.5. The van der Waals surface area contributed by atoms with Gasteiger partial charge < -0.3 is 9.84 Å². The molecule has 1 aromatic heterocycles. The molecule has 116 valence electrons. The highest BCUT2D eigenvalue weighted by Crippen LogP contribution is 2.36. The second-order valence-corrected chi connectivity index (χ2v) is 5.03. The Kier molecular flexibility index (Phi) is 4.61. The number of alkyl halides is 2. The van der Waals surface area contributed by atoms with E-state index in [1.807, 2.05) is 0 Å². The van der Waals surface area contributed by atoms with Crippen LogP contribution in [0.15, 0.2) is 24.3 Å². The molecule has 0 saturated carbocycles. The molecule has 1 aromatic carbocycles. The maximum absolute atomic E-state index is 12.6. The lowest BCUT2D eigenvalue weighted by Gasteiger charge is -2.15. The van der Waals surface area contributed by atoms with Gasteiger partial charge in [-0.15, -0.1) is 0 Å². The van der Waals surface area contributed by atoms with E-state index in [9.17, 15) is 18.7 Å². The van der Waals surface area contributed by atoms with Gasteiger partial charge in [-0.2, -0.15) is 8.78 Å². The lowest BCUT2D eigenvalue weighted by Crippen LogP contribution is -2.08. The molecular formula is C15H12ClF2NO3. The van der Waals surface area contributed by atoms with Gasteiger partial charge in [0.15, 0.2) is 0 Å². The van der Waals surface area contributed by atoms with Gasteiger partial charge in [0.1, 0.15) is 5.75 Å². The molecule has 0 aliphatic heterocycles. The van der Waals surface area contributed by atoms with Crippen LogP contribution in [0.2, 0.25) is 5.02 Å². The van der Waals surface area contributed by atoms with Crippen molar-refractivity contribution < 1.29 is 23.4 Å². The molecule has 1 heterocycles. The van der Waals surface area contributed by atoms with Crippen molar-refractivity contribution in [2.45, 2.75) is 20.5 Å². The lowest BCUT2D eigenvalue weighted by atomic mass is 9.97. The fraction of sp³-hybridized carbons (Fsp3) is 0.200. The maximum Gasteiger partial charge on any atom is 0.387 e. The molecular weight excluding hydrogens is 316 g/mol. The predicted molar refractivity (Wildman–Crippen MR) is 77.7 cm³/mol. The normalized spacial score (nSPS) is 10.8. The van der Waals surface area contributed by atoms with Gasteiger partial charge in [-0.3, -0.25) is 4.98 Å². The molecule has 0 amide bonds. The Morgan fingerprint density at radius 1 is 1.27 bits per heavy atom. The van der Waals surface area contributed by atoms with Crippen molar-refractivity contribution in [2.24, 2.45) is 0 Å². The number of ether oxygens (including phenoxy) is 1. The molecule has 0 bridgehead atoms. The van der Waals surface area contributed by atoms with Crippen molar-refractivity contribution in [3.05, 3.63) is 46.2 Å². The molecule has 0 unspecified atom stereocenters. The van der Waals surface area contributed by atoms with Gasteiger partial charge >= 0.3 is 12.6 Å². The van der Waals surface area contributed by atoms with Crippen LogP contribution in [0, 0.1) is 13.8 Å². The summed E-state index contributed by atoms with van der Waals surface area (Å²) in [6.07, 6.45) is 0. The Labute approximate surface area is 130 Å². The molecule has 1 N–H and O–H groups in total. The molecule has 0 saturated heterocycles. The largest absolute Gasteiger partial charge is 0.478 e. The Morgan fingerprint density at radius 2 is 1.95 bits per heavy atom. The van der Waals surface area contributed by atoms with E-state index in [4.69, 9.17) is 11.6 Å². The molecule has 0 fully saturated rings. The Balaban J connectivity index is 2.75. The maximum atomic E-state index is 12.6. The van der Waals surface area contributed by atoms with Gasteiger partial charge in [0.05, 0.1) is 11.3 Å². The second-order valence-electron chi connectivity index (χ2n) is 4.60. The summed E-state index contributed by atoms with van der Waals surface area (Å²) in [6, 6.07) is 5.56. The van der Waals surface area contributed by atoms with Crippen LogP contribution in [0.1, 0.15) is 21.7 Å². The monoisotopic (exact) mass is 327 g/mol. The summed E-state index contributed by atoms with van der Waals surface area (Å²) in [4.78, 5) is 15.6. The number of hydrogen-bond donors (Lipinski definition) is 1. The third kappa shape index (κ3) is 3.33. The first-order valence-corrected chi connectivity index (χ1v) is 6.63. The van der Waals surface area contributed by atoms with Crippen LogP contribution in [-0.4, -0.2) is 22.7 Å². The standard InChI is InChI=1S/C15H12ClF2NO3/c1-7-5-11(13(14(20)21)8(2)19-7)10-6-9(16)3-4-12(10)22-15(17)18/h3-6,15H,1-2H3,(H,20,21).